The Balaban J connectivity index is 0.00000364. The number of carbonyl (C=O) groups excluding carboxylic acids is 2. The third kappa shape index (κ3) is 5.88. The van der Waals surface area contributed by atoms with Gasteiger partial charge in [0, 0.05) is 23.6 Å². The molecule has 7 heteroatoms. The summed E-state index contributed by atoms with van der Waals surface area (Å²) in [7, 11) is 0. The first-order chi connectivity index (χ1) is 12.5. The average molecular weight is 414 g/mol. The van der Waals surface area contributed by atoms with E-state index in [1.165, 1.54) is 24.6 Å². The van der Waals surface area contributed by atoms with Gasteiger partial charge in [-0.3, -0.25) is 19.6 Å². The number of nitrogens with zero attached hydrogens (tertiary/aromatic N) is 2. The van der Waals surface area contributed by atoms with Crippen molar-refractivity contribution in [3.8, 4) is 11.5 Å². The van der Waals surface area contributed by atoms with E-state index in [1.54, 1.807) is 26.0 Å². The molecule has 0 aliphatic carbocycles. The molecule has 0 aliphatic rings. The average Bonchev–Trinajstić information content (AvgIpc) is 2.62. The normalized spacial score (nSPS) is 10.9. The van der Waals surface area contributed by atoms with Crippen molar-refractivity contribution in [3.05, 3.63) is 57.6 Å². The Morgan fingerprint density at radius 2 is 1.07 bits per heavy atom. The number of hydrogen-bond donors (Lipinski definition) is 0. The van der Waals surface area contributed by atoms with Gasteiger partial charge in [-0.25, -0.2) is 0 Å². The molecule has 1 radical (unpaired) electrons. The van der Waals surface area contributed by atoms with Crippen LogP contribution >= 0.6 is 0 Å². The van der Waals surface area contributed by atoms with Crippen LogP contribution in [0.4, 0.5) is 0 Å². The number of aryl methyl sites for hydroxylation is 2. The third-order valence-corrected chi connectivity index (χ3v) is 3.65. The van der Waals surface area contributed by atoms with E-state index in [4.69, 9.17) is 0 Å². The van der Waals surface area contributed by atoms with E-state index in [2.05, 4.69) is 9.98 Å². The fourth-order valence-corrected chi connectivity index (χ4v) is 2.47. The van der Waals surface area contributed by atoms with Gasteiger partial charge in [0.05, 0.1) is 13.1 Å². The number of benzene rings is 2. The van der Waals surface area contributed by atoms with Gasteiger partial charge in [-0.1, -0.05) is 23.6 Å². The van der Waals surface area contributed by atoms with Crippen LogP contribution in [0.5, 0.6) is 11.5 Å². The summed E-state index contributed by atoms with van der Waals surface area (Å²) in [6.07, 6.45) is 3.92. The quantitative estimate of drug-likeness (QED) is 0.297. The Kier molecular flexibility index (Phi) is 8.58. The third-order valence-electron chi connectivity index (χ3n) is 3.65. The summed E-state index contributed by atoms with van der Waals surface area (Å²) in [5, 5.41) is 23.9. The van der Waals surface area contributed by atoms with Crippen LogP contribution < -0.4 is 10.2 Å². The molecule has 27 heavy (non-hydrogen) atoms. The molecule has 0 fully saturated rings. The van der Waals surface area contributed by atoms with Crippen molar-refractivity contribution in [2.24, 2.45) is 9.98 Å². The Morgan fingerprint density at radius 1 is 0.741 bits per heavy atom. The van der Waals surface area contributed by atoms with Crippen molar-refractivity contribution in [1.82, 2.24) is 0 Å². The second-order valence-electron chi connectivity index (χ2n) is 5.85. The summed E-state index contributed by atoms with van der Waals surface area (Å²) in [4.78, 5) is 30.0. The Hall–Kier alpha value is -2.76. The van der Waals surface area contributed by atoms with Gasteiger partial charge >= 0.3 is 17.1 Å². The Morgan fingerprint density at radius 3 is 1.41 bits per heavy atom. The van der Waals surface area contributed by atoms with Gasteiger partial charge in [-0.05, 0) is 48.2 Å². The van der Waals surface area contributed by atoms with Gasteiger partial charge in [0.25, 0.3) is 0 Å². The maximum atomic E-state index is 12.0. The van der Waals surface area contributed by atoms with E-state index in [0.717, 1.165) is 11.1 Å². The van der Waals surface area contributed by atoms with E-state index < -0.39 is 0 Å². The standard InChI is InChI=1S/C20H20N2O4.Cu/c1-13-5-15(19(25)17(7-13)11-23)9-21-3-4-22-10-16-6-14(2)8-18(12-24)20(16)26;/h5-12,25-26H,3-4H2,1-2H3;/q;+2/p-2. The Bertz CT molecular complexity index is 819. The summed E-state index contributed by atoms with van der Waals surface area (Å²) in [5.74, 6) is -0.704. The largest absolute Gasteiger partial charge is 2.00 e. The van der Waals surface area contributed by atoms with E-state index in [9.17, 15) is 19.8 Å². The first kappa shape index (κ1) is 22.3. The van der Waals surface area contributed by atoms with Crippen LogP contribution in [-0.2, 0) is 17.1 Å². The van der Waals surface area contributed by atoms with Crippen LogP contribution in [0.2, 0.25) is 0 Å². The van der Waals surface area contributed by atoms with Crippen molar-refractivity contribution in [1.29, 1.82) is 0 Å². The zero-order chi connectivity index (χ0) is 19.1. The zero-order valence-corrected chi connectivity index (χ0v) is 15.8. The van der Waals surface area contributed by atoms with E-state index in [-0.39, 0.29) is 39.7 Å². The van der Waals surface area contributed by atoms with Crippen molar-refractivity contribution < 1.29 is 36.9 Å². The molecule has 0 bridgehead atoms. The molecule has 0 aromatic heterocycles. The van der Waals surface area contributed by atoms with E-state index in [1.807, 2.05) is 0 Å². The monoisotopic (exact) mass is 413 g/mol. The smallest absolute Gasteiger partial charge is 0.872 e. The van der Waals surface area contributed by atoms with E-state index in [0.29, 0.717) is 36.8 Å². The topological polar surface area (TPSA) is 105 Å². The van der Waals surface area contributed by atoms with Gasteiger partial charge in [-0.15, -0.1) is 0 Å². The summed E-state index contributed by atoms with van der Waals surface area (Å²) in [6, 6.07) is 6.40. The molecule has 2 aromatic rings. The van der Waals surface area contributed by atoms with E-state index >= 15 is 0 Å². The van der Waals surface area contributed by atoms with Crippen LogP contribution in [0.1, 0.15) is 43.0 Å². The molecule has 0 saturated heterocycles. The van der Waals surface area contributed by atoms with Crippen LogP contribution in [0, 0.1) is 13.8 Å². The van der Waals surface area contributed by atoms with Crippen LogP contribution in [0.15, 0.2) is 34.3 Å². The molecule has 0 aliphatic heterocycles. The van der Waals surface area contributed by atoms with Gasteiger partial charge in [-0.2, -0.15) is 0 Å². The van der Waals surface area contributed by atoms with Crippen molar-refractivity contribution in [2.45, 2.75) is 13.8 Å². The summed E-state index contributed by atoms with van der Waals surface area (Å²) >= 11 is 0. The van der Waals surface area contributed by atoms with Crippen molar-refractivity contribution in [3.63, 3.8) is 0 Å². The number of aldehydes is 2. The molecule has 0 atom stereocenters. The fourth-order valence-electron chi connectivity index (χ4n) is 2.47. The first-order valence-electron chi connectivity index (χ1n) is 7.99. The maximum absolute atomic E-state index is 12.0. The van der Waals surface area contributed by atoms with Crippen molar-refractivity contribution in [2.75, 3.05) is 13.1 Å². The predicted octanol–water partition coefficient (Wildman–Crippen LogP) is 1.61. The zero-order valence-electron chi connectivity index (χ0n) is 14.9. The summed E-state index contributed by atoms with van der Waals surface area (Å²) in [6.45, 7) is 4.23. The molecule has 0 unspecified atom stereocenters. The number of rotatable bonds is 7. The molecule has 0 saturated carbocycles. The van der Waals surface area contributed by atoms with Gasteiger partial charge in [0.2, 0.25) is 0 Å². The molecule has 0 N–H and O–H groups in total. The molecule has 143 valence electrons. The van der Waals surface area contributed by atoms with Gasteiger partial charge in [0.1, 0.15) is 12.6 Å². The summed E-state index contributed by atoms with van der Waals surface area (Å²) < 4.78 is 0. The van der Waals surface area contributed by atoms with Gasteiger partial charge in [0.15, 0.2) is 0 Å². The number of carbonyl (C=O) groups is 2. The van der Waals surface area contributed by atoms with Crippen molar-refractivity contribution >= 4 is 25.0 Å². The molecular formula is C20H18CuN2O4. The molecule has 0 spiro atoms. The first-order valence-corrected chi connectivity index (χ1v) is 7.99. The van der Waals surface area contributed by atoms with Crippen LogP contribution in [-0.4, -0.2) is 38.1 Å². The predicted molar refractivity (Wildman–Crippen MR) is 96.9 cm³/mol. The fraction of sp³-hybridized carbons (Fsp3) is 0.200. The maximum Gasteiger partial charge on any atom is 2.00 e. The minimum atomic E-state index is -0.352. The molecule has 2 rings (SSSR count). The minimum absolute atomic E-state index is 0. The molecule has 2 aromatic carbocycles. The van der Waals surface area contributed by atoms with Crippen LogP contribution in [0.3, 0.4) is 0 Å². The number of aliphatic imine (C=N–C) groups is 2. The molecular weight excluding hydrogens is 396 g/mol. The van der Waals surface area contributed by atoms with Crippen LogP contribution in [0.25, 0.3) is 0 Å². The number of hydrogen-bond acceptors (Lipinski definition) is 6. The van der Waals surface area contributed by atoms with Gasteiger partial charge < -0.3 is 10.2 Å². The molecule has 0 heterocycles. The second-order valence-corrected chi connectivity index (χ2v) is 5.85. The molecule has 6 nitrogen and oxygen atoms in total. The SMILES string of the molecule is Cc1cc(C=O)c([O-])c(C=NCCN=Cc2cc(C)cc(C=O)c2[O-])c1.[Cu+2]. The summed E-state index contributed by atoms with van der Waals surface area (Å²) in [5.41, 5.74) is 2.54. The minimum Gasteiger partial charge on any atom is -0.872 e. The second kappa shape index (κ2) is 10.4. The molecule has 0 amide bonds. The Labute approximate surface area is 168 Å².